The number of aliphatic carboxylic acids is 1. The number of carboxylic acid groups (broad SMARTS) is 1. The second kappa shape index (κ2) is 10.4. The summed E-state index contributed by atoms with van der Waals surface area (Å²) >= 11 is 0. The summed E-state index contributed by atoms with van der Waals surface area (Å²) in [4.78, 5) is 36.1. The van der Waals surface area contributed by atoms with Crippen LogP contribution in [0.2, 0.25) is 0 Å². The molecule has 2 aliphatic carbocycles. The van der Waals surface area contributed by atoms with E-state index in [0.29, 0.717) is 25.7 Å². The molecule has 4 rings (SSSR count). The van der Waals surface area contributed by atoms with Crippen molar-refractivity contribution in [1.29, 1.82) is 0 Å². The fourth-order valence-electron chi connectivity index (χ4n) is 4.91. The molecule has 0 radical (unpaired) electrons. The number of ether oxygens (including phenoxy) is 1. The highest BCUT2D eigenvalue weighted by Gasteiger charge is 2.31. The Hall–Kier alpha value is -3.79. The van der Waals surface area contributed by atoms with E-state index in [1.807, 2.05) is 24.3 Å². The molecule has 7 nitrogen and oxygen atoms in total. The van der Waals surface area contributed by atoms with Crippen LogP contribution in [0.25, 0.3) is 11.1 Å². The number of carboxylic acids is 1. The third-order valence-corrected chi connectivity index (χ3v) is 6.70. The minimum atomic E-state index is -1.14. The fourth-order valence-corrected chi connectivity index (χ4v) is 4.91. The maximum Gasteiger partial charge on any atom is 0.407 e. The van der Waals surface area contributed by atoms with Crippen LogP contribution in [0.3, 0.4) is 0 Å². The molecular formula is C27H28N2O5. The number of nitrogens with one attached hydrogen (secondary N) is 2. The lowest BCUT2D eigenvalue weighted by Gasteiger charge is -2.29. The second-order valence-electron chi connectivity index (χ2n) is 8.83. The van der Waals surface area contributed by atoms with Crippen LogP contribution in [0.15, 0.2) is 48.5 Å². The van der Waals surface area contributed by atoms with Gasteiger partial charge in [-0.05, 0) is 47.9 Å². The molecule has 3 N–H and O–H groups in total. The van der Waals surface area contributed by atoms with Gasteiger partial charge in [-0.25, -0.2) is 9.59 Å². The first kappa shape index (κ1) is 23.4. The third kappa shape index (κ3) is 5.07. The molecule has 2 aromatic carbocycles. The average molecular weight is 461 g/mol. The SMILES string of the molecule is C#CCC(NC(=O)C1CCC(NC(=O)OCC2c3ccccc3-c3ccccc32)CC1)C(=O)O. The Morgan fingerprint density at radius 1 is 1.00 bits per heavy atom. The van der Waals surface area contributed by atoms with Crippen LogP contribution < -0.4 is 10.6 Å². The van der Waals surface area contributed by atoms with Gasteiger partial charge in [0, 0.05) is 24.3 Å². The van der Waals surface area contributed by atoms with Gasteiger partial charge in [-0.1, -0.05) is 48.5 Å². The number of alkyl carbamates (subject to hydrolysis) is 1. The zero-order chi connectivity index (χ0) is 24.1. The van der Waals surface area contributed by atoms with Crippen molar-refractivity contribution in [3.05, 3.63) is 59.7 Å². The number of fused-ring (bicyclic) bond motifs is 3. The number of terminal acetylenes is 1. The first-order valence-electron chi connectivity index (χ1n) is 11.6. The average Bonchev–Trinajstić information content (AvgIpc) is 3.16. The molecule has 0 aromatic heterocycles. The molecule has 1 fully saturated rings. The lowest BCUT2D eigenvalue weighted by atomic mass is 9.85. The lowest BCUT2D eigenvalue weighted by Crippen LogP contribution is -2.46. The molecule has 1 saturated carbocycles. The Kier molecular flexibility index (Phi) is 7.17. The monoisotopic (exact) mass is 460 g/mol. The van der Waals surface area contributed by atoms with Crippen LogP contribution in [0, 0.1) is 18.3 Å². The minimum Gasteiger partial charge on any atom is -0.480 e. The van der Waals surface area contributed by atoms with E-state index in [2.05, 4.69) is 40.8 Å². The highest BCUT2D eigenvalue weighted by Crippen LogP contribution is 2.44. The maximum absolute atomic E-state index is 12.5. The van der Waals surface area contributed by atoms with Crippen molar-refractivity contribution >= 4 is 18.0 Å². The van der Waals surface area contributed by atoms with Crippen LogP contribution in [0.1, 0.15) is 49.1 Å². The number of hydrogen-bond donors (Lipinski definition) is 3. The van der Waals surface area contributed by atoms with E-state index in [1.165, 1.54) is 11.1 Å². The van der Waals surface area contributed by atoms with Gasteiger partial charge >= 0.3 is 12.1 Å². The Labute approximate surface area is 198 Å². The van der Waals surface area contributed by atoms with E-state index in [4.69, 9.17) is 16.3 Å². The molecule has 0 saturated heterocycles. The van der Waals surface area contributed by atoms with E-state index in [1.54, 1.807) is 0 Å². The fraction of sp³-hybridized carbons (Fsp3) is 0.370. The smallest absolute Gasteiger partial charge is 0.407 e. The van der Waals surface area contributed by atoms with Gasteiger partial charge in [-0.2, -0.15) is 0 Å². The van der Waals surface area contributed by atoms with Gasteiger partial charge in [0.15, 0.2) is 0 Å². The summed E-state index contributed by atoms with van der Waals surface area (Å²) in [5.74, 6) is 0.538. The summed E-state index contributed by atoms with van der Waals surface area (Å²) in [5.41, 5.74) is 4.67. The molecule has 34 heavy (non-hydrogen) atoms. The quantitative estimate of drug-likeness (QED) is 0.547. The Morgan fingerprint density at radius 2 is 1.59 bits per heavy atom. The standard InChI is InChI=1S/C27H28N2O5/c1-2-7-24(26(31)32)29-25(30)17-12-14-18(15-13-17)28-27(33)34-16-23-21-10-5-3-8-19(21)20-9-4-6-11-22(20)23/h1,3-6,8-11,17-18,23-24H,7,12-16H2,(H,28,33)(H,29,30)(H,31,32). The van der Waals surface area contributed by atoms with Crippen LogP contribution in [-0.2, 0) is 14.3 Å². The van der Waals surface area contributed by atoms with Gasteiger partial charge in [0.25, 0.3) is 0 Å². The first-order valence-corrected chi connectivity index (χ1v) is 11.6. The molecule has 0 bridgehead atoms. The number of carbonyl (C=O) groups excluding carboxylic acids is 2. The van der Waals surface area contributed by atoms with Crippen LogP contribution in [0.4, 0.5) is 4.79 Å². The Balaban J connectivity index is 1.26. The Bertz CT molecular complexity index is 1070. The van der Waals surface area contributed by atoms with Crippen molar-refractivity contribution in [2.24, 2.45) is 5.92 Å². The largest absolute Gasteiger partial charge is 0.480 e. The molecule has 0 heterocycles. The summed E-state index contributed by atoms with van der Waals surface area (Å²) in [6.45, 7) is 0.253. The van der Waals surface area contributed by atoms with Crippen molar-refractivity contribution in [2.45, 2.75) is 50.1 Å². The van der Waals surface area contributed by atoms with Crippen LogP contribution in [-0.4, -0.2) is 41.8 Å². The number of amides is 2. The normalized spacial score (nSPS) is 19.7. The van der Waals surface area contributed by atoms with Crippen molar-refractivity contribution in [2.75, 3.05) is 6.61 Å². The molecule has 176 valence electrons. The van der Waals surface area contributed by atoms with Gasteiger partial charge in [0.2, 0.25) is 5.91 Å². The van der Waals surface area contributed by atoms with Crippen molar-refractivity contribution in [3.8, 4) is 23.5 Å². The van der Waals surface area contributed by atoms with Crippen LogP contribution in [0.5, 0.6) is 0 Å². The number of benzene rings is 2. The zero-order valence-electron chi connectivity index (χ0n) is 18.8. The molecule has 1 atom stereocenters. The zero-order valence-corrected chi connectivity index (χ0v) is 18.8. The molecule has 2 amide bonds. The molecule has 7 heteroatoms. The summed E-state index contributed by atoms with van der Waals surface area (Å²) in [5, 5.41) is 14.6. The van der Waals surface area contributed by atoms with Gasteiger partial charge in [0.1, 0.15) is 12.6 Å². The van der Waals surface area contributed by atoms with Gasteiger partial charge in [-0.15, -0.1) is 12.3 Å². The molecule has 0 spiro atoms. The first-order chi connectivity index (χ1) is 16.5. The summed E-state index contributed by atoms with van der Waals surface area (Å²) in [6, 6.07) is 15.2. The van der Waals surface area contributed by atoms with E-state index in [-0.39, 0.29) is 36.8 Å². The predicted octanol–water partition coefficient (Wildman–Crippen LogP) is 3.68. The molecule has 1 unspecified atom stereocenters. The van der Waals surface area contributed by atoms with Gasteiger partial charge in [0.05, 0.1) is 0 Å². The van der Waals surface area contributed by atoms with E-state index < -0.39 is 18.1 Å². The summed E-state index contributed by atoms with van der Waals surface area (Å²) < 4.78 is 5.61. The summed E-state index contributed by atoms with van der Waals surface area (Å²) in [6.07, 6.45) is 7.02. The number of rotatable bonds is 7. The third-order valence-electron chi connectivity index (χ3n) is 6.70. The topological polar surface area (TPSA) is 105 Å². The molecule has 2 aromatic rings. The van der Waals surface area contributed by atoms with E-state index >= 15 is 0 Å². The highest BCUT2D eigenvalue weighted by molar-refractivity contribution is 5.85. The number of hydrogen-bond acceptors (Lipinski definition) is 4. The molecular weight excluding hydrogens is 432 g/mol. The van der Waals surface area contributed by atoms with Gasteiger partial charge in [-0.3, -0.25) is 4.79 Å². The van der Waals surface area contributed by atoms with E-state index in [0.717, 1.165) is 11.1 Å². The highest BCUT2D eigenvalue weighted by atomic mass is 16.5. The number of carbonyl (C=O) groups is 3. The minimum absolute atomic E-state index is 0.00257. The second-order valence-corrected chi connectivity index (χ2v) is 8.83. The van der Waals surface area contributed by atoms with Crippen molar-refractivity contribution in [1.82, 2.24) is 10.6 Å². The Morgan fingerprint density at radius 3 is 2.15 bits per heavy atom. The molecule has 0 aliphatic heterocycles. The van der Waals surface area contributed by atoms with Crippen molar-refractivity contribution < 1.29 is 24.2 Å². The maximum atomic E-state index is 12.5. The lowest BCUT2D eigenvalue weighted by molar-refractivity contribution is -0.142. The predicted molar refractivity (Wildman–Crippen MR) is 127 cm³/mol. The molecule has 2 aliphatic rings. The summed E-state index contributed by atoms with van der Waals surface area (Å²) in [7, 11) is 0. The van der Waals surface area contributed by atoms with Gasteiger partial charge < -0.3 is 20.5 Å². The van der Waals surface area contributed by atoms with E-state index in [9.17, 15) is 14.4 Å². The van der Waals surface area contributed by atoms with Crippen LogP contribution >= 0.6 is 0 Å². The van der Waals surface area contributed by atoms with Crippen molar-refractivity contribution in [3.63, 3.8) is 0 Å².